The quantitative estimate of drug-likeness (QED) is 0.654. The maximum atomic E-state index is 13.3. The summed E-state index contributed by atoms with van der Waals surface area (Å²) >= 11 is 0. The number of carbonyl (C=O) groups is 2. The van der Waals surface area contributed by atoms with E-state index in [1.54, 1.807) is 29.9 Å². The number of hydrogen-bond acceptors (Lipinski definition) is 6. The molecule has 0 spiro atoms. The predicted octanol–water partition coefficient (Wildman–Crippen LogP) is 2.83. The van der Waals surface area contributed by atoms with Crippen molar-refractivity contribution in [3.8, 4) is 11.6 Å². The monoisotopic (exact) mass is 403 g/mol. The summed E-state index contributed by atoms with van der Waals surface area (Å²) in [6.07, 6.45) is 2.17. The van der Waals surface area contributed by atoms with E-state index >= 15 is 0 Å². The Morgan fingerprint density at radius 1 is 1.20 bits per heavy atom. The van der Waals surface area contributed by atoms with Crippen LogP contribution < -0.4 is 5.43 Å². The van der Waals surface area contributed by atoms with Gasteiger partial charge in [0, 0.05) is 18.0 Å². The lowest BCUT2D eigenvalue weighted by Gasteiger charge is -2.30. The normalized spacial score (nSPS) is 16.4. The number of amides is 1. The predicted molar refractivity (Wildman–Crippen MR) is 111 cm³/mol. The lowest BCUT2D eigenvalue weighted by molar-refractivity contribution is 0.0951. The SMILES string of the molecule is Cc1nn(-c2ccccn2)c2c1C(=O)/C(=N\NC(=O)c1ccccc1O)C(C)(C)C2. The van der Waals surface area contributed by atoms with Crippen molar-refractivity contribution in [3.63, 3.8) is 0 Å². The van der Waals surface area contributed by atoms with Crippen LogP contribution in [0.1, 0.15) is 46.0 Å². The van der Waals surface area contributed by atoms with Crippen molar-refractivity contribution in [1.29, 1.82) is 0 Å². The van der Waals surface area contributed by atoms with Crippen LogP contribution in [-0.4, -0.2) is 37.3 Å². The number of carbonyl (C=O) groups excluding carboxylic acids is 2. The summed E-state index contributed by atoms with van der Waals surface area (Å²) in [5.41, 5.74) is 3.93. The van der Waals surface area contributed by atoms with E-state index in [-0.39, 0.29) is 22.8 Å². The van der Waals surface area contributed by atoms with Gasteiger partial charge in [0.1, 0.15) is 11.5 Å². The average molecular weight is 403 g/mol. The number of aromatic nitrogens is 3. The van der Waals surface area contributed by atoms with E-state index in [0.29, 0.717) is 23.5 Å². The molecule has 8 nitrogen and oxygen atoms in total. The van der Waals surface area contributed by atoms with Gasteiger partial charge in [-0.25, -0.2) is 15.1 Å². The summed E-state index contributed by atoms with van der Waals surface area (Å²) in [5, 5.41) is 18.5. The van der Waals surface area contributed by atoms with Gasteiger partial charge in [-0.05, 0) is 31.2 Å². The van der Waals surface area contributed by atoms with Gasteiger partial charge < -0.3 is 5.11 Å². The van der Waals surface area contributed by atoms with Crippen molar-refractivity contribution < 1.29 is 14.7 Å². The molecule has 0 saturated heterocycles. The summed E-state index contributed by atoms with van der Waals surface area (Å²) in [5.74, 6) is -0.382. The second-order valence-electron chi connectivity index (χ2n) is 7.82. The van der Waals surface area contributed by atoms with Gasteiger partial charge in [-0.3, -0.25) is 9.59 Å². The lowest BCUT2D eigenvalue weighted by Crippen LogP contribution is -2.41. The van der Waals surface area contributed by atoms with Gasteiger partial charge >= 0.3 is 0 Å². The van der Waals surface area contributed by atoms with Gasteiger partial charge in [0.25, 0.3) is 5.91 Å². The average Bonchev–Trinajstić information content (AvgIpc) is 3.03. The van der Waals surface area contributed by atoms with E-state index in [9.17, 15) is 14.7 Å². The first-order valence-corrected chi connectivity index (χ1v) is 9.50. The van der Waals surface area contributed by atoms with Crippen molar-refractivity contribution in [2.45, 2.75) is 27.2 Å². The lowest BCUT2D eigenvalue weighted by atomic mass is 9.74. The molecule has 1 aliphatic carbocycles. The number of Topliss-reactive ketones (excluding diaryl/α,β-unsaturated/α-hetero) is 1. The fourth-order valence-electron chi connectivity index (χ4n) is 3.66. The highest BCUT2D eigenvalue weighted by molar-refractivity contribution is 6.49. The number of nitrogens with one attached hydrogen (secondary N) is 1. The van der Waals surface area contributed by atoms with Gasteiger partial charge in [0.05, 0.1) is 22.5 Å². The third kappa shape index (κ3) is 3.26. The summed E-state index contributed by atoms with van der Waals surface area (Å²) in [6.45, 7) is 5.56. The van der Waals surface area contributed by atoms with Crippen molar-refractivity contribution in [2.75, 3.05) is 0 Å². The first-order chi connectivity index (χ1) is 14.3. The Labute approximate surface area is 173 Å². The Balaban J connectivity index is 1.71. The van der Waals surface area contributed by atoms with Crippen LogP contribution in [0.5, 0.6) is 5.75 Å². The third-order valence-electron chi connectivity index (χ3n) is 5.13. The fraction of sp³-hybridized carbons (Fsp3) is 0.227. The molecule has 0 aliphatic heterocycles. The first kappa shape index (κ1) is 19.5. The molecule has 0 radical (unpaired) electrons. The van der Waals surface area contributed by atoms with Crippen LogP contribution in [0, 0.1) is 12.3 Å². The number of fused-ring (bicyclic) bond motifs is 1. The van der Waals surface area contributed by atoms with Crippen molar-refractivity contribution in [1.82, 2.24) is 20.2 Å². The van der Waals surface area contributed by atoms with E-state index in [0.717, 1.165) is 5.69 Å². The van der Waals surface area contributed by atoms with E-state index < -0.39 is 11.3 Å². The summed E-state index contributed by atoms with van der Waals surface area (Å²) < 4.78 is 1.70. The van der Waals surface area contributed by atoms with Crippen molar-refractivity contribution in [2.24, 2.45) is 10.5 Å². The Morgan fingerprint density at radius 3 is 2.63 bits per heavy atom. The third-order valence-corrected chi connectivity index (χ3v) is 5.13. The molecule has 2 heterocycles. The molecule has 2 aromatic heterocycles. The van der Waals surface area contributed by atoms with E-state index in [4.69, 9.17) is 0 Å². The van der Waals surface area contributed by atoms with E-state index in [1.807, 2.05) is 32.0 Å². The van der Waals surface area contributed by atoms with Crippen LogP contribution in [0.15, 0.2) is 53.8 Å². The summed E-state index contributed by atoms with van der Waals surface area (Å²) in [7, 11) is 0. The number of benzene rings is 1. The molecule has 0 unspecified atom stereocenters. The zero-order valence-corrected chi connectivity index (χ0v) is 16.9. The number of hydrazone groups is 1. The van der Waals surface area contributed by atoms with Gasteiger partial charge in [0.2, 0.25) is 5.78 Å². The molecular weight excluding hydrogens is 382 g/mol. The second-order valence-corrected chi connectivity index (χ2v) is 7.82. The first-order valence-electron chi connectivity index (χ1n) is 9.50. The van der Waals surface area contributed by atoms with Crippen LogP contribution in [0.2, 0.25) is 0 Å². The van der Waals surface area contributed by atoms with Crippen LogP contribution in [0.3, 0.4) is 0 Å². The molecule has 152 valence electrons. The largest absolute Gasteiger partial charge is 0.507 e. The van der Waals surface area contributed by atoms with E-state index in [1.165, 1.54) is 12.1 Å². The van der Waals surface area contributed by atoms with Gasteiger partial charge in [-0.1, -0.05) is 32.0 Å². The molecule has 1 amide bonds. The number of hydrogen-bond donors (Lipinski definition) is 2. The number of phenols is 1. The number of para-hydroxylation sites is 1. The number of phenolic OH excluding ortho intramolecular Hbond substituents is 1. The highest BCUT2D eigenvalue weighted by Gasteiger charge is 2.42. The number of nitrogens with zero attached hydrogens (tertiary/aromatic N) is 4. The highest BCUT2D eigenvalue weighted by atomic mass is 16.3. The van der Waals surface area contributed by atoms with Crippen LogP contribution in [-0.2, 0) is 6.42 Å². The molecule has 0 bridgehead atoms. The van der Waals surface area contributed by atoms with Crippen molar-refractivity contribution >= 4 is 17.4 Å². The van der Waals surface area contributed by atoms with Crippen LogP contribution >= 0.6 is 0 Å². The van der Waals surface area contributed by atoms with Gasteiger partial charge in [-0.15, -0.1) is 0 Å². The highest BCUT2D eigenvalue weighted by Crippen LogP contribution is 2.35. The Morgan fingerprint density at radius 2 is 1.93 bits per heavy atom. The Hall–Kier alpha value is -3.81. The molecule has 2 N–H and O–H groups in total. The minimum atomic E-state index is -0.644. The maximum absolute atomic E-state index is 13.3. The Kier molecular flexibility index (Phi) is 4.69. The van der Waals surface area contributed by atoms with Gasteiger partial charge in [0.15, 0.2) is 5.82 Å². The molecule has 3 aromatic rings. The molecule has 0 atom stereocenters. The standard InChI is InChI=1S/C22H21N5O3/c1-13-18-15(27(26-13)17-10-6-7-11-23-17)12-22(2,3)20(19(18)29)24-25-21(30)14-8-4-5-9-16(14)28/h4-11,28H,12H2,1-3H3,(H,25,30)/b24-20+. The number of aryl methyl sites for hydroxylation is 1. The molecule has 1 aromatic carbocycles. The topological polar surface area (TPSA) is 109 Å². The zero-order valence-electron chi connectivity index (χ0n) is 16.9. The number of aromatic hydroxyl groups is 1. The smallest absolute Gasteiger partial charge is 0.275 e. The second kappa shape index (κ2) is 7.22. The number of pyridine rings is 1. The molecule has 4 rings (SSSR count). The molecular formula is C22H21N5O3. The van der Waals surface area contributed by atoms with Crippen LogP contribution in [0.25, 0.3) is 5.82 Å². The van der Waals surface area contributed by atoms with E-state index in [2.05, 4.69) is 20.6 Å². The zero-order chi connectivity index (χ0) is 21.5. The van der Waals surface area contributed by atoms with Crippen molar-refractivity contribution in [3.05, 3.63) is 71.2 Å². The maximum Gasteiger partial charge on any atom is 0.275 e. The Bertz CT molecular complexity index is 1180. The molecule has 30 heavy (non-hydrogen) atoms. The molecule has 1 aliphatic rings. The summed E-state index contributed by atoms with van der Waals surface area (Å²) in [4.78, 5) is 30.1. The minimum Gasteiger partial charge on any atom is -0.507 e. The molecule has 0 fully saturated rings. The molecule has 0 saturated carbocycles. The summed E-state index contributed by atoms with van der Waals surface area (Å²) in [6, 6.07) is 11.7. The number of rotatable bonds is 3. The molecule has 8 heteroatoms. The fourth-order valence-corrected chi connectivity index (χ4v) is 3.66. The van der Waals surface area contributed by atoms with Gasteiger partial charge in [-0.2, -0.15) is 10.2 Å². The van der Waals surface area contributed by atoms with Crippen LogP contribution in [0.4, 0.5) is 0 Å². The minimum absolute atomic E-state index is 0.0859. The number of ketones is 1.